The number of Topliss-reactive ketones (excluding diaryl/α,β-unsaturated/α-hetero) is 1. The normalized spacial score (nSPS) is 16.8. The van der Waals surface area contributed by atoms with Crippen molar-refractivity contribution >= 4 is 39.9 Å². The monoisotopic (exact) mass is 504 g/mol. The molecule has 0 spiro atoms. The maximum Gasteiger partial charge on any atom is 0.350 e. The summed E-state index contributed by atoms with van der Waals surface area (Å²) in [5, 5.41) is 11.5. The highest BCUT2D eigenvalue weighted by Gasteiger charge is 2.48. The number of anilines is 1. The molecule has 0 radical (unpaired) electrons. The summed E-state index contributed by atoms with van der Waals surface area (Å²) in [4.78, 5) is 45.0. The largest absolute Gasteiger partial charge is 0.507 e. The maximum absolute atomic E-state index is 13.3. The van der Waals surface area contributed by atoms with E-state index in [1.54, 1.807) is 56.3 Å². The minimum absolute atomic E-state index is 0.0290. The lowest BCUT2D eigenvalue weighted by Crippen LogP contribution is -2.29. The van der Waals surface area contributed by atoms with Crippen molar-refractivity contribution in [3.05, 3.63) is 94.0 Å². The zero-order valence-electron chi connectivity index (χ0n) is 20.0. The number of aliphatic hydroxyl groups excluding tert-OH is 1. The Balaban J connectivity index is 1.88. The molecule has 9 heteroatoms. The summed E-state index contributed by atoms with van der Waals surface area (Å²) in [5.41, 5.74) is 1.97. The fourth-order valence-corrected chi connectivity index (χ4v) is 5.02. The van der Waals surface area contributed by atoms with E-state index in [2.05, 4.69) is 11.6 Å². The van der Waals surface area contributed by atoms with E-state index in [0.29, 0.717) is 28.1 Å². The number of amides is 1. The van der Waals surface area contributed by atoms with Crippen LogP contribution in [-0.2, 0) is 14.3 Å². The zero-order chi connectivity index (χ0) is 26.0. The number of carbonyl (C=O) groups is 3. The molecule has 0 aliphatic carbocycles. The molecule has 3 aromatic rings. The smallest absolute Gasteiger partial charge is 0.350 e. The van der Waals surface area contributed by atoms with Gasteiger partial charge in [0, 0.05) is 5.56 Å². The molecule has 2 heterocycles. The predicted molar refractivity (Wildman–Crippen MR) is 136 cm³/mol. The van der Waals surface area contributed by atoms with Crippen LogP contribution in [0.5, 0.6) is 5.75 Å². The van der Waals surface area contributed by atoms with Gasteiger partial charge in [0.2, 0.25) is 0 Å². The third kappa shape index (κ3) is 4.40. The van der Waals surface area contributed by atoms with E-state index in [9.17, 15) is 19.5 Å². The summed E-state index contributed by atoms with van der Waals surface area (Å²) in [6, 6.07) is 13.0. The fraction of sp³-hybridized carbons (Fsp3) is 0.185. The molecule has 0 unspecified atom stereocenters. The number of aryl methyl sites for hydroxylation is 2. The van der Waals surface area contributed by atoms with Crippen molar-refractivity contribution in [2.24, 2.45) is 0 Å². The van der Waals surface area contributed by atoms with E-state index >= 15 is 0 Å². The number of esters is 1. The summed E-state index contributed by atoms with van der Waals surface area (Å²) in [5.74, 6) is -2.00. The van der Waals surface area contributed by atoms with Crippen LogP contribution in [0, 0.1) is 13.8 Å². The van der Waals surface area contributed by atoms with Gasteiger partial charge in [-0.15, -0.1) is 0 Å². The molecule has 36 heavy (non-hydrogen) atoms. The van der Waals surface area contributed by atoms with Gasteiger partial charge in [-0.25, -0.2) is 9.78 Å². The topological polar surface area (TPSA) is 106 Å². The van der Waals surface area contributed by atoms with Gasteiger partial charge < -0.3 is 14.6 Å². The molecule has 1 aromatic heterocycles. The number of hydrogen-bond acceptors (Lipinski definition) is 8. The summed E-state index contributed by atoms with van der Waals surface area (Å²) in [6.45, 7) is 6.96. The summed E-state index contributed by atoms with van der Waals surface area (Å²) < 4.78 is 10.4. The number of nitrogens with zero attached hydrogens (tertiary/aromatic N) is 2. The summed E-state index contributed by atoms with van der Waals surface area (Å²) in [6.07, 6.45) is 1.45. The summed E-state index contributed by atoms with van der Waals surface area (Å²) >= 11 is 0.949. The van der Waals surface area contributed by atoms with Crippen LogP contribution < -0.4 is 9.64 Å². The lowest BCUT2D eigenvalue weighted by molar-refractivity contribution is -0.132. The molecule has 1 N–H and O–H groups in total. The number of thiazole rings is 1. The van der Waals surface area contributed by atoms with Crippen LogP contribution in [0.15, 0.2) is 66.8 Å². The van der Waals surface area contributed by atoms with Crippen molar-refractivity contribution in [1.82, 2.24) is 4.98 Å². The van der Waals surface area contributed by atoms with Gasteiger partial charge in [-0.05, 0) is 43.2 Å². The Kier molecular flexibility index (Phi) is 7.03. The van der Waals surface area contributed by atoms with Crippen LogP contribution in [-0.4, -0.2) is 41.5 Å². The average Bonchev–Trinajstić information content (AvgIpc) is 3.39. The Bertz CT molecular complexity index is 1390. The van der Waals surface area contributed by atoms with Gasteiger partial charge in [0.05, 0.1) is 24.4 Å². The van der Waals surface area contributed by atoms with E-state index < -0.39 is 23.7 Å². The number of carbonyl (C=O) groups excluding carboxylic acids is 3. The van der Waals surface area contributed by atoms with Gasteiger partial charge >= 0.3 is 11.9 Å². The fourth-order valence-electron chi connectivity index (χ4n) is 4.03. The minimum atomic E-state index is -0.949. The number of ether oxygens (including phenoxy) is 2. The molecule has 2 aromatic carbocycles. The second-order valence-electron chi connectivity index (χ2n) is 8.06. The molecule has 1 amide bonds. The lowest BCUT2D eigenvalue weighted by atomic mass is 9.94. The van der Waals surface area contributed by atoms with Gasteiger partial charge in [0.25, 0.3) is 5.78 Å². The number of hydrogen-bond donors (Lipinski definition) is 1. The molecular weight excluding hydrogens is 480 g/mol. The first-order valence-electron chi connectivity index (χ1n) is 11.0. The number of ketones is 1. The standard InChI is InChI=1S/C27H24N2O6S/c1-5-13-35-26(33)24-16(3)28-27(36-24)29-21(17-9-7-6-8-10-17)20(23(31)25(29)32)22(30)19-12-11-18(34-4)14-15(19)2/h5-12,14,21,30H,1,13H2,2-4H3/t21-/m1/s1. The first kappa shape index (κ1) is 24.9. The zero-order valence-corrected chi connectivity index (χ0v) is 20.8. The van der Waals surface area contributed by atoms with E-state index in [1.165, 1.54) is 18.1 Å². The number of benzene rings is 2. The highest BCUT2D eigenvalue weighted by Crippen LogP contribution is 2.44. The number of methoxy groups -OCH3 is 1. The average molecular weight is 505 g/mol. The van der Waals surface area contributed by atoms with E-state index in [1.807, 2.05) is 6.07 Å². The Labute approximate surface area is 212 Å². The van der Waals surface area contributed by atoms with Gasteiger partial charge in [0.1, 0.15) is 23.0 Å². The second-order valence-corrected chi connectivity index (χ2v) is 9.04. The van der Waals surface area contributed by atoms with Gasteiger partial charge in [0.15, 0.2) is 5.13 Å². The molecule has 1 saturated heterocycles. The second kappa shape index (κ2) is 10.2. The van der Waals surface area contributed by atoms with Crippen LogP contribution in [0.1, 0.15) is 38.1 Å². The first-order chi connectivity index (χ1) is 17.3. The SMILES string of the molecule is C=CCOC(=O)c1sc(N2C(=O)C(=O)C(=C(O)c3ccc(OC)cc3C)[C@H]2c2ccccc2)nc1C. The van der Waals surface area contributed by atoms with Crippen molar-refractivity contribution in [3.63, 3.8) is 0 Å². The van der Waals surface area contributed by atoms with Crippen LogP contribution in [0.3, 0.4) is 0 Å². The van der Waals surface area contributed by atoms with Crippen LogP contribution in [0.4, 0.5) is 5.13 Å². The molecule has 1 fully saturated rings. The molecule has 8 nitrogen and oxygen atoms in total. The van der Waals surface area contributed by atoms with Crippen molar-refractivity contribution in [1.29, 1.82) is 0 Å². The van der Waals surface area contributed by atoms with Crippen molar-refractivity contribution in [2.45, 2.75) is 19.9 Å². The van der Waals surface area contributed by atoms with Crippen molar-refractivity contribution in [3.8, 4) is 5.75 Å². The number of aliphatic hydroxyl groups is 1. The van der Waals surface area contributed by atoms with E-state index in [4.69, 9.17) is 9.47 Å². The quantitative estimate of drug-likeness (QED) is 0.163. The molecule has 1 atom stereocenters. The van der Waals surface area contributed by atoms with Gasteiger partial charge in [-0.2, -0.15) is 0 Å². The molecule has 1 aliphatic heterocycles. The molecule has 1 aliphatic rings. The Morgan fingerprint density at radius 2 is 1.92 bits per heavy atom. The third-order valence-corrected chi connectivity index (χ3v) is 6.89. The van der Waals surface area contributed by atoms with Gasteiger partial charge in [-0.1, -0.05) is 54.3 Å². The molecule has 4 rings (SSSR count). The van der Waals surface area contributed by atoms with E-state index in [-0.39, 0.29) is 27.9 Å². The van der Waals surface area contributed by atoms with Gasteiger partial charge in [-0.3, -0.25) is 14.5 Å². The number of aromatic nitrogens is 1. The highest BCUT2D eigenvalue weighted by atomic mass is 32.1. The Hall–Kier alpha value is -4.24. The number of rotatable bonds is 7. The first-order valence-corrected chi connectivity index (χ1v) is 11.9. The summed E-state index contributed by atoms with van der Waals surface area (Å²) in [7, 11) is 1.53. The maximum atomic E-state index is 13.3. The predicted octanol–water partition coefficient (Wildman–Crippen LogP) is 4.74. The molecule has 184 valence electrons. The third-order valence-electron chi connectivity index (χ3n) is 5.76. The van der Waals surface area contributed by atoms with Crippen LogP contribution in [0.25, 0.3) is 5.76 Å². The highest BCUT2D eigenvalue weighted by molar-refractivity contribution is 7.17. The van der Waals surface area contributed by atoms with Crippen LogP contribution >= 0.6 is 11.3 Å². The van der Waals surface area contributed by atoms with Crippen LogP contribution in [0.2, 0.25) is 0 Å². The van der Waals surface area contributed by atoms with Crippen molar-refractivity contribution in [2.75, 3.05) is 18.6 Å². The lowest BCUT2D eigenvalue weighted by Gasteiger charge is -2.23. The molecular formula is C27H24N2O6S. The minimum Gasteiger partial charge on any atom is -0.507 e. The Morgan fingerprint density at radius 1 is 1.19 bits per heavy atom. The molecule has 0 saturated carbocycles. The molecule has 0 bridgehead atoms. The van der Waals surface area contributed by atoms with Crippen molar-refractivity contribution < 1.29 is 29.0 Å². The Morgan fingerprint density at radius 3 is 2.56 bits per heavy atom. The van der Waals surface area contributed by atoms with E-state index in [0.717, 1.165) is 11.3 Å².